The van der Waals surface area contributed by atoms with Gasteiger partial charge in [0.15, 0.2) is 17.8 Å². The van der Waals surface area contributed by atoms with Crippen LogP contribution in [0.2, 0.25) is 0 Å². The number of hydrogen-bond acceptors (Lipinski definition) is 9. The molecule has 36 heavy (non-hydrogen) atoms. The minimum absolute atomic E-state index is 0.227. The first-order valence-electron chi connectivity index (χ1n) is 11.3. The molecule has 6 N–H and O–H groups in total. The van der Waals surface area contributed by atoms with Crippen molar-refractivity contribution < 1.29 is 14.3 Å². The summed E-state index contributed by atoms with van der Waals surface area (Å²) in [5.41, 5.74) is 10.5. The van der Waals surface area contributed by atoms with Gasteiger partial charge in [0.25, 0.3) is 5.91 Å². The van der Waals surface area contributed by atoms with Crippen LogP contribution in [0, 0.1) is 0 Å². The smallest absolute Gasteiger partial charge is 0.255 e. The van der Waals surface area contributed by atoms with E-state index in [9.17, 15) is 9.90 Å². The molecule has 2 heterocycles. The van der Waals surface area contributed by atoms with Crippen molar-refractivity contribution in [2.24, 2.45) is 5.84 Å². The van der Waals surface area contributed by atoms with E-state index in [0.717, 1.165) is 11.1 Å². The fraction of sp³-hybridized carbons (Fsp3) is 0.154. The molecule has 0 spiro atoms. The monoisotopic (exact) mass is 483 g/mol. The molecule has 10 nitrogen and oxygen atoms in total. The number of nitrogens with zero attached hydrogens (tertiary/aromatic N) is 4. The van der Waals surface area contributed by atoms with Crippen LogP contribution >= 0.6 is 0 Å². The third-order valence-corrected chi connectivity index (χ3v) is 6.16. The number of amides is 1. The largest absolute Gasteiger partial charge is 0.443 e. The van der Waals surface area contributed by atoms with Crippen molar-refractivity contribution in [2.45, 2.75) is 25.1 Å². The maximum Gasteiger partial charge on any atom is 0.255 e. The molecule has 0 fully saturated rings. The number of nitrogen functional groups attached to an aromatic ring is 1. The second-order valence-corrected chi connectivity index (χ2v) is 8.48. The van der Waals surface area contributed by atoms with E-state index in [1.54, 1.807) is 24.3 Å². The minimum Gasteiger partial charge on any atom is -0.443 e. The van der Waals surface area contributed by atoms with Crippen molar-refractivity contribution in [3.63, 3.8) is 0 Å². The average molecular weight is 484 g/mol. The van der Waals surface area contributed by atoms with Crippen molar-refractivity contribution in [1.82, 2.24) is 20.3 Å². The zero-order valence-electron chi connectivity index (χ0n) is 19.3. The van der Waals surface area contributed by atoms with E-state index in [1.807, 2.05) is 30.3 Å². The second-order valence-electron chi connectivity index (χ2n) is 8.48. The molecule has 0 radical (unpaired) electrons. The maximum atomic E-state index is 12.7. The van der Waals surface area contributed by atoms with Crippen molar-refractivity contribution in [1.29, 1.82) is 0 Å². The van der Waals surface area contributed by atoms with Gasteiger partial charge in [-0.05, 0) is 28.8 Å². The highest BCUT2D eigenvalue weighted by Gasteiger charge is 2.26. The number of anilines is 2. The number of oxazole rings is 1. The quantitative estimate of drug-likeness (QED) is 0.176. The Hall–Kier alpha value is -4.54. The van der Waals surface area contributed by atoms with Gasteiger partial charge in [-0.2, -0.15) is 0 Å². The molecule has 0 saturated heterocycles. The number of para-hydroxylation sites is 1. The molecule has 5 rings (SSSR count). The van der Waals surface area contributed by atoms with Gasteiger partial charge in [-0.25, -0.2) is 20.8 Å². The summed E-state index contributed by atoms with van der Waals surface area (Å²) in [4.78, 5) is 25.2. The van der Waals surface area contributed by atoms with Crippen LogP contribution in [0.15, 0.2) is 78.3 Å². The summed E-state index contributed by atoms with van der Waals surface area (Å²) in [6, 6.07) is 12.6. The van der Waals surface area contributed by atoms with Crippen molar-refractivity contribution >= 4 is 34.2 Å². The Morgan fingerprint density at radius 2 is 1.97 bits per heavy atom. The van der Waals surface area contributed by atoms with Crippen LogP contribution < -0.4 is 21.9 Å². The number of nitrogens with one attached hydrogen (secondary N) is 1. The van der Waals surface area contributed by atoms with Gasteiger partial charge < -0.3 is 20.6 Å². The van der Waals surface area contributed by atoms with E-state index in [-0.39, 0.29) is 17.8 Å². The number of carbonyl (C=O) groups is 1. The van der Waals surface area contributed by atoms with E-state index in [1.165, 1.54) is 17.7 Å². The summed E-state index contributed by atoms with van der Waals surface area (Å²) < 4.78 is 5.35. The highest BCUT2D eigenvalue weighted by molar-refractivity contribution is 6.04. The van der Waals surface area contributed by atoms with Gasteiger partial charge in [-0.3, -0.25) is 9.80 Å². The summed E-state index contributed by atoms with van der Waals surface area (Å²) >= 11 is 0. The zero-order valence-corrected chi connectivity index (χ0v) is 19.3. The Labute approximate surface area is 206 Å². The molecule has 2 aromatic carbocycles. The van der Waals surface area contributed by atoms with E-state index in [2.05, 4.69) is 26.8 Å². The summed E-state index contributed by atoms with van der Waals surface area (Å²) in [6.45, 7) is 4.54. The predicted molar refractivity (Wildman–Crippen MR) is 136 cm³/mol. The Morgan fingerprint density at radius 3 is 2.72 bits per heavy atom. The molecular formula is C26H25N7O3. The van der Waals surface area contributed by atoms with Crippen LogP contribution in [0.5, 0.6) is 0 Å². The molecule has 2 atom stereocenters. The Balaban J connectivity index is 1.31. The lowest BCUT2D eigenvalue weighted by atomic mass is 9.98. The normalized spacial score (nSPS) is 16.8. The topological polar surface area (TPSA) is 156 Å². The molecule has 0 bridgehead atoms. The van der Waals surface area contributed by atoms with Crippen LogP contribution in [-0.2, 0) is 6.54 Å². The predicted octanol–water partition coefficient (Wildman–Crippen LogP) is 2.56. The van der Waals surface area contributed by atoms with E-state index >= 15 is 0 Å². The molecule has 10 heteroatoms. The van der Waals surface area contributed by atoms with Crippen LogP contribution in [0.3, 0.4) is 0 Å². The van der Waals surface area contributed by atoms with Gasteiger partial charge >= 0.3 is 0 Å². The molecule has 4 aromatic rings. The third-order valence-electron chi connectivity index (χ3n) is 6.16. The summed E-state index contributed by atoms with van der Waals surface area (Å²) in [5, 5.41) is 14.2. The molecule has 2 unspecified atom stereocenters. The molecule has 182 valence electrons. The van der Waals surface area contributed by atoms with E-state index in [4.69, 9.17) is 16.0 Å². The fourth-order valence-electron chi connectivity index (χ4n) is 4.21. The fourth-order valence-corrected chi connectivity index (χ4v) is 4.21. The summed E-state index contributed by atoms with van der Waals surface area (Å²) in [6.07, 6.45) is 6.11. The van der Waals surface area contributed by atoms with Crippen LogP contribution in [0.4, 0.5) is 11.6 Å². The lowest BCUT2D eigenvalue weighted by molar-refractivity contribution is 0.0951. The third kappa shape index (κ3) is 4.42. The van der Waals surface area contributed by atoms with E-state index in [0.29, 0.717) is 46.6 Å². The van der Waals surface area contributed by atoms with Crippen LogP contribution in [0.25, 0.3) is 16.7 Å². The number of nitrogens with two attached hydrogens (primary N) is 2. The number of aromatic nitrogens is 3. The van der Waals surface area contributed by atoms with Crippen molar-refractivity contribution in [3.8, 4) is 0 Å². The molecule has 0 aliphatic heterocycles. The molecule has 1 aliphatic rings. The van der Waals surface area contributed by atoms with Gasteiger partial charge in [0, 0.05) is 13.0 Å². The van der Waals surface area contributed by atoms with Gasteiger partial charge in [-0.1, -0.05) is 49.1 Å². The minimum atomic E-state index is -0.552. The number of aliphatic hydroxyl groups excluding tert-OH is 1. The second kappa shape index (κ2) is 9.61. The Morgan fingerprint density at radius 1 is 1.17 bits per heavy atom. The first-order chi connectivity index (χ1) is 17.4. The van der Waals surface area contributed by atoms with Gasteiger partial charge in [0.1, 0.15) is 17.7 Å². The summed E-state index contributed by atoms with van der Waals surface area (Å²) in [5.74, 6) is 6.77. The standard InChI is InChI=1S/C26H25N7O3/c1-15(22-24(27)30-13-31-25(22)33(28)18-9-10-19(34)11-18)17-7-5-16(6-8-17)12-29-26(35)20-3-2-4-21-23(20)36-14-32-21/h2-10,13-14,18-19,34H,1,11-12,28H2,(H,29,35)(H2,27,30,31). The molecule has 1 amide bonds. The lowest BCUT2D eigenvalue weighted by Crippen LogP contribution is -2.41. The summed E-state index contributed by atoms with van der Waals surface area (Å²) in [7, 11) is 0. The number of hydrogen-bond donors (Lipinski definition) is 4. The number of benzene rings is 2. The maximum absolute atomic E-state index is 12.7. The van der Waals surface area contributed by atoms with Crippen LogP contribution in [0.1, 0.15) is 33.5 Å². The van der Waals surface area contributed by atoms with E-state index < -0.39 is 6.10 Å². The molecular weight excluding hydrogens is 458 g/mol. The number of hydrazine groups is 1. The number of aliphatic hydroxyl groups is 1. The Bertz CT molecular complexity index is 1460. The highest BCUT2D eigenvalue weighted by Crippen LogP contribution is 2.33. The first kappa shape index (κ1) is 23.2. The first-order valence-corrected chi connectivity index (χ1v) is 11.3. The average Bonchev–Trinajstić information content (AvgIpc) is 3.55. The lowest BCUT2D eigenvalue weighted by Gasteiger charge is -2.26. The highest BCUT2D eigenvalue weighted by atomic mass is 16.3. The molecule has 2 aromatic heterocycles. The number of rotatable bonds is 7. The van der Waals surface area contributed by atoms with Crippen molar-refractivity contribution in [3.05, 3.63) is 96.2 Å². The number of fused-ring (bicyclic) bond motifs is 1. The van der Waals surface area contributed by atoms with Crippen LogP contribution in [-0.4, -0.2) is 38.1 Å². The Kier molecular flexibility index (Phi) is 6.19. The molecule has 1 aliphatic carbocycles. The van der Waals surface area contributed by atoms with Gasteiger partial charge in [0.05, 0.1) is 23.3 Å². The SMILES string of the molecule is C=C(c1ccc(CNC(=O)c2cccc3ncoc23)cc1)c1c(N)ncnc1N(N)C1C=CC(O)C1. The number of carbonyl (C=O) groups excluding carboxylic acids is 1. The van der Waals surface area contributed by atoms with Crippen molar-refractivity contribution in [2.75, 3.05) is 10.7 Å². The zero-order chi connectivity index (χ0) is 25.2. The molecule has 0 saturated carbocycles. The van der Waals surface area contributed by atoms with Gasteiger partial charge in [0.2, 0.25) is 0 Å². The van der Waals surface area contributed by atoms with Gasteiger partial charge in [-0.15, -0.1) is 0 Å².